The molecule has 0 radical (unpaired) electrons. The first-order chi connectivity index (χ1) is 12.2. The lowest BCUT2D eigenvalue weighted by atomic mass is 10.1. The van der Waals surface area contributed by atoms with Gasteiger partial charge in [0.25, 0.3) is 0 Å². The topological polar surface area (TPSA) is 51.1 Å². The number of benzene rings is 1. The van der Waals surface area contributed by atoms with Crippen molar-refractivity contribution in [2.45, 2.75) is 64.0 Å². The number of carbonyl (C=O) groups excluding carboxylic acids is 2. The normalized spacial score (nSPS) is 18.9. The molecule has 0 spiro atoms. The Bertz CT molecular complexity index is 780. The third-order valence-electron chi connectivity index (χ3n) is 5.54. The summed E-state index contributed by atoms with van der Waals surface area (Å²) >= 11 is 0. The van der Waals surface area contributed by atoms with E-state index in [1.165, 1.54) is 25.7 Å². The first-order valence-corrected chi connectivity index (χ1v) is 9.64. The highest BCUT2D eigenvalue weighted by atomic mass is 16.2. The van der Waals surface area contributed by atoms with Gasteiger partial charge in [-0.1, -0.05) is 43.9 Å². The Labute approximate surface area is 148 Å². The molecule has 0 atom stereocenters. The number of rotatable bonds is 5. The number of ketones is 1. The van der Waals surface area contributed by atoms with Gasteiger partial charge in [-0.05, 0) is 31.7 Å². The van der Waals surface area contributed by atoms with Crippen molar-refractivity contribution in [1.29, 1.82) is 0 Å². The SMILES string of the molecule is O=C(Cn1cc(C(=O)C2CC2)c2ccccc21)NC1CCCCCC1. The number of hydrogen-bond acceptors (Lipinski definition) is 2. The van der Waals surface area contributed by atoms with Gasteiger partial charge in [0.15, 0.2) is 5.78 Å². The fourth-order valence-electron chi connectivity index (χ4n) is 3.99. The second-order valence-corrected chi connectivity index (χ2v) is 7.58. The Balaban J connectivity index is 1.52. The minimum atomic E-state index is 0.0538. The van der Waals surface area contributed by atoms with E-state index in [2.05, 4.69) is 5.32 Å². The molecule has 132 valence electrons. The average molecular weight is 338 g/mol. The maximum Gasteiger partial charge on any atom is 0.240 e. The van der Waals surface area contributed by atoms with Crippen molar-refractivity contribution in [2.75, 3.05) is 0 Å². The molecular formula is C21H26N2O2. The third-order valence-corrected chi connectivity index (χ3v) is 5.54. The molecule has 1 heterocycles. The van der Waals surface area contributed by atoms with Gasteiger partial charge in [0, 0.05) is 34.6 Å². The largest absolute Gasteiger partial charge is 0.352 e. The molecule has 1 aromatic carbocycles. The van der Waals surface area contributed by atoms with Crippen molar-refractivity contribution < 1.29 is 9.59 Å². The van der Waals surface area contributed by atoms with Crippen LogP contribution in [0.3, 0.4) is 0 Å². The van der Waals surface area contributed by atoms with Gasteiger partial charge in [-0.2, -0.15) is 0 Å². The van der Waals surface area contributed by atoms with Gasteiger partial charge in [0.2, 0.25) is 5.91 Å². The van der Waals surface area contributed by atoms with Crippen LogP contribution in [0.5, 0.6) is 0 Å². The maximum absolute atomic E-state index is 12.6. The highest BCUT2D eigenvalue weighted by molar-refractivity contribution is 6.10. The van der Waals surface area contributed by atoms with Crippen LogP contribution in [0.15, 0.2) is 30.5 Å². The van der Waals surface area contributed by atoms with Crippen molar-refractivity contribution in [3.8, 4) is 0 Å². The number of amides is 1. The lowest BCUT2D eigenvalue weighted by Crippen LogP contribution is -2.36. The molecule has 1 N–H and O–H groups in total. The van der Waals surface area contributed by atoms with Gasteiger partial charge in [-0.25, -0.2) is 0 Å². The fourth-order valence-corrected chi connectivity index (χ4v) is 3.99. The molecular weight excluding hydrogens is 312 g/mol. The predicted molar refractivity (Wildman–Crippen MR) is 98.6 cm³/mol. The van der Waals surface area contributed by atoms with Crippen molar-refractivity contribution >= 4 is 22.6 Å². The zero-order valence-electron chi connectivity index (χ0n) is 14.7. The average Bonchev–Trinajstić information content (AvgIpc) is 3.42. The van der Waals surface area contributed by atoms with E-state index in [-0.39, 0.29) is 24.2 Å². The van der Waals surface area contributed by atoms with Gasteiger partial charge in [0.1, 0.15) is 6.54 Å². The van der Waals surface area contributed by atoms with Crippen LogP contribution < -0.4 is 5.32 Å². The molecule has 0 aliphatic heterocycles. The first-order valence-electron chi connectivity index (χ1n) is 9.64. The highest BCUT2D eigenvalue weighted by Crippen LogP contribution is 2.35. The molecule has 1 aromatic heterocycles. The maximum atomic E-state index is 12.6. The molecule has 2 fully saturated rings. The molecule has 4 nitrogen and oxygen atoms in total. The van der Waals surface area contributed by atoms with Crippen LogP contribution in [-0.4, -0.2) is 22.3 Å². The van der Waals surface area contributed by atoms with Gasteiger partial charge in [0.05, 0.1) is 0 Å². The van der Waals surface area contributed by atoms with E-state index in [1.54, 1.807) is 0 Å². The summed E-state index contributed by atoms with van der Waals surface area (Å²) < 4.78 is 1.94. The van der Waals surface area contributed by atoms with Crippen molar-refractivity contribution in [1.82, 2.24) is 9.88 Å². The molecule has 2 aliphatic rings. The zero-order valence-corrected chi connectivity index (χ0v) is 14.7. The fraction of sp³-hybridized carbons (Fsp3) is 0.524. The van der Waals surface area contributed by atoms with Gasteiger partial charge in [-0.3, -0.25) is 9.59 Å². The number of aromatic nitrogens is 1. The Hall–Kier alpha value is -2.10. The van der Waals surface area contributed by atoms with E-state index in [4.69, 9.17) is 0 Å². The van der Waals surface area contributed by atoms with Crippen LogP contribution in [0.4, 0.5) is 0 Å². The van der Waals surface area contributed by atoms with Crippen LogP contribution >= 0.6 is 0 Å². The van der Waals surface area contributed by atoms with Crippen molar-refractivity contribution in [3.63, 3.8) is 0 Å². The summed E-state index contributed by atoms with van der Waals surface area (Å²) in [5.41, 5.74) is 1.75. The molecule has 0 saturated heterocycles. The van der Waals surface area contributed by atoms with Gasteiger partial charge in [-0.15, -0.1) is 0 Å². The van der Waals surface area contributed by atoms with Gasteiger partial charge >= 0.3 is 0 Å². The van der Waals surface area contributed by atoms with Gasteiger partial charge < -0.3 is 9.88 Å². The van der Waals surface area contributed by atoms with E-state index in [0.717, 1.165) is 42.1 Å². The van der Waals surface area contributed by atoms with Crippen LogP contribution in [-0.2, 0) is 11.3 Å². The van der Waals surface area contributed by atoms with E-state index in [0.29, 0.717) is 6.04 Å². The van der Waals surface area contributed by atoms with E-state index >= 15 is 0 Å². The molecule has 25 heavy (non-hydrogen) atoms. The van der Waals surface area contributed by atoms with Crippen molar-refractivity contribution in [2.24, 2.45) is 5.92 Å². The Kier molecular flexibility index (Phi) is 4.60. The van der Waals surface area contributed by atoms with E-state index in [9.17, 15) is 9.59 Å². The molecule has 2 aromatic rings. The van der Waals surface area contributed by atoms with Crippen LogP contribution in [0.2, 0.25) is 0 Å². The molecule has 4 heteroatoms. The Morgan fingerprint density at radius 2 is 1.72 bits per heavy atom. The number of nitrogens with zero attached hydrogens (tertiary/aromatic N) is 1. The highest BCUT2D eigenvalue weighted by Gasteiger charge is 2.32. The summed E-state index contributed by atoms with van der Waals surface area (Å²) in [7, 11) is 0. The summed E-state index contributed by atoms with van der Waals surface area (Å²) in [6.45, 7) is 0.287. The van der Waals surface area contributed by atoms with Crippen molar-refractivity contribution in [3.05, 3.63) is 36.0 Å². The number of carbonyl (C=O) groups is 2. The number of nitrogens with one attached hydrogen (secondary N) is 1. The Morgan fingerprint density at radius 1 is 1.00 bits per heavy atom. The molecule has 0 bridgehead atoms. The second-order valence-electron chi connectivity index (χ2n) is 7.58. The monoisotopic (exact) mass is 338 g/mol. The van der Waals surface area contributed by atoms with E-state index in [1.807, 2.05) is 35.0 Å². The smallest absolute Gasteiger partial charge is 0.240 e. The first kappa shape index (κ1) is 16.4. The quantitative estimate of drug-likeness (QED) is 0.660. The molecule has 0 unspecified atom stereocenters. The number of para-hydroxylation sites is 1. The Morgan fingerprint density at radius 3 is 2.44 bits per heavy atom. The van der Waals surface area contributed by atoms with Crippen LogP contribution in [0, 0.1) is 5.92 Å². The summed E-state index contributed by atoms with van der Waals surface area (Å²) in [4.78, 5) is 25.1. The zero-order chi connectivity index (χ0) is 17.2. The summed E-state index contributed by atoms with van der Waals surface area (Å²) in [6, 6.07) is 8.22. The van der Waals surface area contributed by atoms with E-state index < -0.39 is 0 Å². The molecule has 1 amide bonds. The predicted octanol–water partition coefficient (Wildman–Crippen LogP) is 4.07. The second kappa shape index (κ2) is 7.03. The number of hydrogen-bond donors (Lipinski definition) is 1. The third kappa shape index (κ3) is 3.63. The lowest BCUT2D eigenvalue weighted by molar-refractivity contribution is -0.122. The summed E-state index contributed by atoms with van der Waals surface area (Å²) in [6.07, 6.45) is 11.0. The minimum absolute atomic E-state index is 0.0538. The minimum Gasteiger partial charge on any atom is -0.352 e. The summed E-state index contributed by atoms with van der Waals surface area (Å²) in [5.74, 6) is 0.483. The van der Waals surface area contributed by atoms with Crippen LogP contribution in [0.1, 0.15) is 61.7 Å². The molecule has 2 aliphatic carbocycles. The lowest BCUT2D eigenvalue weighted by Gasteiger charge is -2.16. The number of Topliss-reactive ketones (excluding diaryl/α,β-unsaturated/α-hetero) is 1. The molecule has 4 rings (SSSR count). The standard InChI is InChI=1S/C21H26N2O2/c24-20(22-16-7-3-1-2-4-8-16)14-23-13-18(21(25)15-11-12-15)17-9-5-6-10-19(17)23/h5-6,9-10,13,15-16H,1-4,7-8,11-12,14H2,(H,22,24). The van der Waals surface area contributed by atoms with Crippen LogP contribution in [0.25, 0.3) is 10.9 Å². The summed E-state index contributed by atoms with van der Waals surface area (Å²) in [5, 5.41) is 4.17. The number of fused-ring (bicyclic) bond motifs is 1. The molecule has 2 saturated carbocycles.